The van der Waals surface area contributed by atoms with Crippen molar-refractivity contribution in [3.05, 3.63) is 60.8 Å². The first-order valence-electron chi connectivity index (χ1n) is 25.1. The maximum Gasteiger partial charge on any atom is 0.472 e. The number of hydrogen-bond acceptors (Lipinski definition) is 11. The van der Waals surface area contributed by atoms with Crippen LogP contribution in [0.5, 0.6) is 0 Å². The molecule has 0 bridgehead atoms. The second kappa shape index (κ2) is 41.2. The number of carbonyl (C=O) groups is 1. The minimum absolute atomic E-state index is 0.0993. The summed E-state index contributed by atoms with van der Waals surface area (Å²) < 4.78 is 34.2. The molecule has 0 aliphatic heterocycles. The lowest BCUT2D eigenvalue weighted by Crippen LogP contribution is -2.64. The summed E-state index contributed by atoms with van der Waals surface area (Å²) in [6.07, 6.45) is 40.1. The molecule has 12 nitrogen and oxygen atoms in total. The summed E-state index contributed by atoms with van der Waals surface area (Å²) in [4.78, 5) is 23.2. The average Bonchev–Trinajstić information content (AvgIpc) is 3.28. The summed E-state index contributed by atoms with van der Waals surface area (Å²) in [5.41, 5.74) is 0. The molecule has 0 amide bonds. The highest BCUT2D eigenvalue weighted by Crippen LogP contribution is 2.47. The van der Waals surface area contributed by atoms with Gasteiger partial charge in [-0.05, 0) is 51.4 Å². The fraction of sp³-hybridized carbons (Fsp3) is 0.784. The van der Waals surface area contributed by atoms with Crippen LogP contribution in [0.3, 0.4) is 0 Å². The van der Waals surface area contributed by atoms with Gasteiger partial charge in [0.25, 0.3) is 0 Å². The van der Waals surface area contributed by atoms with Crippen molar-refractivity contribution in [2.75, 3.05) is 19.8 Å². The molecule has 0 radical (unpaired) electrons. The number of hydrogen-bond donors (Lipinski definition) is 6. The van der Waals surface area contributed by atoms with Crippen LogP contribution in [0, 0.1) is 0 Å². The van der Waals surface area contributed by atoms with Crippen molar-refractivity contribution < 1.29 is 58.3 Å². The first kappa shape index (κ1) is 60.1. The van der Waals surface area contributed by atoms with E-state index in [1.165, 1.54) is 109 Å². The normalized spacial score (nSPS) is 22.2. The third-order valence-corrected chi connectivity index (χ3v) is 12.4. The highest BCUT2D eigenvalue weighted by atomic mass is 31.2. The van der Waals surface area contributed by atoms with Crippen molar-refractivity contribution >= 4 is 13.8 Å². The van der Waals surface area contributed by atoms with E-state index in [0.29, 0.717) is 19.4 Å². The first-order valence-corrected chi connectivity index (χ1v) is 26.6. The molecule has 13 heteroatoms. The lowest BCUT2D eigenvalue weighted by Gasteiger charge is -2.41. The molecule has 0 aromatic carbocycles. The zero-order chi connectivity index (χ0) is 46.9. The predicted molar refractivity (Wildman–Crippen MR) is 258 cm³/mol. The van der Waals surface area contributed by atoms with Crippen LogP contribution in [-0.2, 0) is 27.9 Å². The van der Waals surface area contributed by atoms with Crippen LogP contribution >= 0.6 is 7.82 Å². The van der Waals surface area contributed by atoms with Gasteiger partial charge in [-0.25, -0.2) is 4.57 Å². The molecule has 0 spiro atoms. The van der Waals surface area contributed by atoms with Crippen LogP contribution in [-0.4, -0.2) is 98.9 Å². The lowest BCUT2D eigenvalue weighted by molar-refractivity contribution is -0.220. The lowest BCUT2D eigenvalue weighted by atomic mass is 9.85. The highest BCUT2D eigenvalue weighted by Gasteiger charge is 2.51. The number of aliphatic hydroxyl groups excluding tert-OH is 5. The van der Waals surface area contributed by atoms with Crippen molar-refractivity contribution in [1.29, 1.82) is 0 Å². The van der Waals surface area contributed by atoms with Gasteiger partial charge in [0.05, 0.1) is 13.2 Å². The van der Waals surface area contributed by atoms with E-state index < -0.39 is 63.1 Å². The molecule has 1 aliphatic carbocycles. The van der Waals surface area contributed by atoms with Gasteiger partial charge in [-0.2, -0.15) is 0 Å². The second-order valence-electron chi connectivity index (χ2n) is 17.3. The van der Waals surface area contributed by atoms with Gasteiger partial charge in [-0.3, -0.25) is 13.8 Å². The number of ether oxygens (including phenoxy) is 2. The van der Waals surface area contributed by atoms with Gasteiger partial charge in [0.15, 0.2) is 0 Å². The molecular weight excluding hydrogens is 836 g/mol. The topological polar surface area (TPSA) is 192 Å². The number of phosphoric ester groups is 1. The SMILES string of the molecule is CC/C=C\C/C=C\C/C=C\C/C=C\C/C=C\CCCC(=O)OC(COCCCCCCCCCCCCCCCCCCCCCC)COP(=O)(O)OC1C(O)C(O)C(O)C(O)C1O. The van der Waals surface area contributed by atoms with E-state index in [9.17, 15) is 39.8 Å². The average molecular weight is 927 g/mol. The number of carbonyl (C=O) groups excluding carboxylic acids is 1. The number of aliphatic hydroxyl groups is 5. The first-order chi connectivity index (χ1) is 31.0. The summed E-state index contributed by atoms with van der Waals surface area (Å²) in [6.45, 7) is 4.10. The highest BCUT2D eigenvalue weighted by molar-refractivity contribution is 7.47. The quantitative estimate of drug-likeness (QED) is 0.0147. The third-order valence-electron chi connectivity index (χ3n) is 11.4. The van der Waals surface area contributed by atoms with Gasteiger partial charge < -0.3 is 39.9 Å². The van der Waals surface area contributed by atoms with E-state index in [1.54, 1.807) is 0 Å². The van der Waals surface area contributed by atoms with E-state index in [0.717, 1.165) is 51.4 Å². The van der Waals surface area contributed by atoms with E-state index in [2.05, 4.69) is 62.5 Å². The maximum absolute atomic E-state index is 12.8. The molecule has 372 valence electrons. The largest absolute Gasteiger partial charge is 0.472 e. The monoisotopic (exact) mass is 927 g/mol. The Bertz CT molecular complexity index is 1290. The fourth-order valence-electron chi connectivity index (χ4n) is 7.45. The van der Waals surface area contributed by atoms with Crippen molar-refractivity contribution in [2.24, 2.45) is 0 Å². The minimum Gasteiger partial charge on any atom is -0.457 e. The van der Waals surface area contributed by atoms with Crippen LogP contribution in [0.25, 0.3) is 0 Å². The molecule has 1 saturated carbocycles. The maximum atomic E-state index is 12.8. The summed E-state index contributed by atoms with van der Waals surface area (Å²) in [5.74, 6) is -0.532. The third kappa shape index (κ3) is 32.7. The van der Waals surface area contributed by atoms with Crippen molar-refractivity contribution in [3.8, 4) is 0 Å². The Balaban J connectivity index is 2.38. The minimum atomic E-state index is -5.04. The summed E-state index contributed by atoms with van der Waals surface area (Å²) in [5, 5.41) is 50.3. The van der Waals surface area contributed by atoms with Crippen LogP contribution in [0.4, 0.5) is 0 Å². The molecule has 6 unspecified atom stereocenters. The zero-order valence-corrected chi connectivity index (χ0v) is 40.7. The molecular formula is C51H91O12P. The molecule has 6 atom stereocenters. The summed E-state index contributed by atoms with van der Waals surface area (Å²) >= 11 is 0. The fourth-order valence-corrected chi connectivity index (χ4v) is 8.42. The van der Waals surface area contributed by atoms with Crippen molar-refractivity contribution in [3.63, 3.8) is 0 Å². The Morgan fingerprint density at radius 3 is 1.34 bits per heavy atom. The molecule has 0 aromatic rings. The molecule has 0 aromatic heterocycles. The van der Waals surface area contributed by atoms with E-state index in [1.807, 2.05) is 12.2 Å². The molecule has 64 heavy (non-hydrogen) atoms. The summed E-state index contributed by atoms with van der Waals surface area (Å²) in [6, 6.07) is 0. The standard InChI is InChI=1S/C51H91O12P/c1-3-5-7-9-11-13-15-17-19-21-22-23-25-27-29-31-33-35-37-39-41-60-42-44(43-61-64(58,59)63-51-49(56)47(54)46(53)48(55)50(51)57)62-45(52)40-38-36-34-32-30-28-26-24-20-18-16-14-12-10-8-6-4-2/h6,8,12,14,18,20,26,28,32,34,44,46-51,53-57H,3-5,7,9-11,13,15-17,19,21-25,27,29-31,33,35-43H2,1-2H3,(H,58,59)/b8-6-,14-12-,20-18-,28-26-,34-32-. The Kier molecular flexibility index (Phi) is 38.7. The Labute approximate surface area is 387 Å². The molecule has 0 saturated heterocycles. The van der Waals surface area contributed by atoms with Crippen LogP contribution < -0.4 is 0 Å². The van der Waals surface area contributed by atoms with Crippen molar-refractivity contribution in [2.45, 2.75) is 236 Å². The second-order valence-corrected chi connectivity index (χ2v) is 18.7. The van der Waals surface area contributed by atoms with Gasteiger partial charge in [0.2, 0.25) is 0 Å². The Hall–Kier alpha value is -1.96. The number of phosphoric acid groups is 1. The van der Waals surface area contributed by atoms with Crippen LogP contribution in [0.1, 0.15) is 194 Å². The summed E-state index contributed by atoms with van der Waals surface area (Å²) in [7, 11) is -5.04. The van der Waals surface area contributed by atoms with Gasteiger partial charge in [-0.15, -0.1) is 0 Å². The predicted octanol–water partition coefficient (Wildman–Crippen LogP) is 11.0. The van der Waals surface area contributed by atoms with E-state index >= 15 is 0 Å². The van der Waals surface area contributed by atoms with Crippen LogP contribution in [0.15, 0.2) is 60.8 Å². The van der Waals surface area contributed by atoms with Gasteiger partial charge in [0.1, 0.15) is 42.7 Å². The number of esters is 1. The number of unbranched alkanes of at least 4 members (excludes halogenated alkanes) is 20. The van der Waals surface area contributed by atoms with Crippen molar-refractivity contribution in [1.82, 2.24) is 0 Å². The van der Waals surface area contributed by atoms with Gasteiger partial charge in [0, 0.05) is 13.0 Å². The molecule has 1 rings (SSSR count). The van der Waals surface area contributed by atoms with E-state index in [-0.39, 0.29) is 13.0 Å². The van der Waals surface area contributed by atoms with Gasteiger partial charge in [-0.1, -0.05) is 197 Å². The Morgan fingerprint density at radius 1 is 0.516 bits per heavy atom. The zero-order valence-electron chi connectivity index (χ0n) is 39.8. The molecule has 6 N–H and O–H groups in total. The van der Waals surface area contributed by atoms with E-state index in [4.69, 9.17) is 18.5 Å². The van der Waals surface area contributed by atoms with Gasteiger partial charge >= 0.3 is 13.8 Å². The molecule has 0 heterocycles. The number of rotatable bonds is 42. The van der Waals surface area contributed by atoms with Crippen LogP contribution in [0.2, 0.25) is 0 Å². The smallest absolute Gasteiger partial charge is 0.457 e. The number of allylic oxidation sites excluding steroid dienone is 10. The molecule has 1 fully saturated rings. The molecule has 1 aliphatic rings. The Morgan fingerprint density at radius 2 is 0.906 bits per heavy atom.